The molecule has 92 valence electrons. The summed E-state index contributed by atoms with van der Waals surface area (Å²) in [6.45, 7) is 1.96. The summed E-state index contributed by atoms with van der Waals surface area (Å²) in [6, 6.07) is 12.0. The Morgan fingerprint density at radius 1 is 1.17 bits per heavy atom. The highest BCUT2D eigenvalue weighted by atomic mass is 16.4. The molecular weight excluding hydrogens is 226 g/mol. The maximum absolute atomic E-state index is 10.5. The van der Waals surface area contributed by atoms with Crippen molar-refractivity contribution in [2.45, 2.75) is 19.8 Å². The summed E-state index contributed by atoms with van der Waals surface area (Å²) in [7, 11) is 0. The van der Waals surface area contributed by atoms with Crippen LogP contribution in [0.5, 0.6) is 0 Å². The van der Waals surface area contributed by atoms with Crippen molar-refractivity contribution in [2.75, 3.05) is 0 Å². The van der Waals surface area contributed by atoms with Gasteiger partial charge in [-0.15, -0.1) is 0 Å². The minimum atomic E-state index is -0.760. The van der Waals surface area contributed by atoms with Gasteiger partial charge in [-0.05, 0) is 42.2 Å². The Morgan fingerprint density at radius 2 is 1.89 bits per heavy atom. The molecule has 1 aromatic carbocycles. The average molecular weight is 241 g/mol. The molecule has 0 saturated carbocycles. The van der Waals surface area contributed by atoms with Crippen LogP contribution in [0.3, 0.4) is 0 Å². The number of aliphatic carboxylic acids is 1. The van der Waals surface area contributed by atoms with Crippen molar-refractivity contribution in [3.05, 3.63) is 53.9 Å². The fourth-order valence-electron chi connectivity index (χ4n) is 1.84. The number of pyridine rings is 1. The molecule has 2 aromatic rings. The number of hydrogen-bond acceptors (Lipinski definition) is 2. The zero-order chi connectivity index (χ0) is 13.0. The van der Waals surface area contributed by atoms with E-state index in [9.17, 15) is 4.79 Å². The van der Waals surface area contributed by atoms with Crippen molar-refractivity contribution >= 4 is 5.97 Å². The maximum atomic E-state index is 10.5. The molecule has 0 bridgehead atoms. The number of hydrogen-bond donors (Lipinski definition) is 1. The molecule has 3 nitrogen and oxygen atoms in total. The van der Waals surface area contributed by atoms with Crippen molar-refractivity contribution in [3.8, 4) is 11.1 Å². The number of nitrogens with zero attached hydrogens (tertiary/aromatic N) is 1. The van der Waals surface area contributed by atoms with Crippen LogP contribution < -0.4 is 0 Å². The van der Waals surface area contributed by atoms with E-state index in [0.29, 0.717) is 6.42 Å². The number of aryl methyl sites for hydroxylation is 2. The third-order valence-electron chi connectivity index (χ3n) is 2.81. The van der Waals surface area contributed by atoms with E-state index in [4.69, 9.17) is 5.11 Å². The first kappa shape index (κ1) is 12.3. The quantitative estimate of drug-likeness (QED) is 0.894. The first-order chi connectivity index (χ1) is 8.65. The number of benzene rings is 1. The van der Waals surface area contributed by atoms with Gasteiger partial charge in [0.05, 0.1) is 0 Å². The van der Waals surface area contributed by atoms with Gasteiger partial charge >= 0.3 is 5.97 Å². The molecule has 0 spiro atoms. The summed E-state index contributed by atoms with van der Waals surface area (Å²) in [4.78, 5) is 14.7. The molecule has 0 fully saturated rings. The predicted molar refractivity (Wildman–Crippen MR) is 70.4 cm³/mol. The summed E-state index contributed by atoms with van der Waals surface area (Å²) in [5, 5.41) is 8.63. The van der Waals surface area contributed by atoms with E-state index >= 15 is 0 Å². The van der Waals surface area contributed by atoms with Gasteiger partial charge in [-0.2, -0.15) is 0 Å². The molecule has 18 heavy (non-hydrogen) atoms. The Hall–Kier alpha value is -2.16. The van der Waals surface area contributed by atoms with Gasteiger partial charge in [-0.3, -0.25) is 9.78 Å². The van der Waals surface area contributed by atoms with Crippen LogP contribution in [0.25, 0.3) is 11.1 Å². The molecule has 0 saturated heterocycles. The van der Waals surface area contributed by atoms with Gasteiger partial charge < -0.3 is 5.11 Å². The van der Waals surface area contributed by atoms with E-state index in [1.807, 2.05) is 43.3 Å². The largest absolute Gasteiger partial charge is 0.481 e. The fraction of sp³-hybridized carbons (Fsp3) is 0.200. The van der Waals surface area contributed by atoms with E-state index in [2.05, 4.69) is 4.98 Å². The second kappa shape index (κ2) is 5.45. The Balaban J connectivity index is 2.14. The van der Waals surface area contributed by atoms with E-state index in [1.165, 1.54) is 0 Å². The average Bonchev–Trinajstić information content (AvgIpc) is 2.37. The minimum Gasteiger partial charge on any atom is -0.481 e. The number of carbonyl (C=O) groups is 1. The van der Waals surface area contributed by atoms with Crippen LogP contribution in [-0.4, -0.2) is 16.1 Å². The maximum Gasteiger partial charge on any atom is 0.303 e. The van der Waals surface area contributed by atoms with Gasteiger partial charge in [-0.1, -0.05) is 24.3 Å². The highest BCUT2D eigenvalue weighted by Gasteiger charge is 2.01. The number of carboxylic acids is 1. The monoisotopic (exact) mass is 241 g/mol. The molecule has 1 heterocycles. The van der Waals surface area contributed by atoms with Gasteiger partial charge in [0.1, 0.15) is 0 Å². The molecule has 0 atom stereocenters. The lowest BCUT2D eigenvalue weighted by atomic mass is 10.0. The normalized spacial score (nSPS) is 10.3. The summed E-state index contributed by atoms with van der Waals surface area (Å²) in [5.41, 5.74) is 4.29. The lowest BCUT2D eigenvalue weighted by Gasteiger charge is -2.04. The number of carboxylic acid groups (broad SMARTS) is 1. The Labute approximate surface area is 106 Å². The predicted octanol–water partition coefficient (Wildman–Crippen LogP) is 3.07. The van der Waals surface area contributed by atoms with Gasteiger partial charge in [0.25, 0.3) is 0 Å². The third kappa shape index (κ3) is 3.17. The van der Waals surface area contributed by atoms with Crippen LogP contribution in [0.4, 0.5) is 0 Å². The molecule has 0 unspecified atom stereocenters. The van der Waals surface area contributed by atoms with Gasteiger partial charge in [0.15, 0.2) is 0 Å². The SMILES string of the molecule is Cc1cc(-c2ccc(CCC(=O)O)cc2)ccn1. The minimum absolute atomic E-state index is 0.174. The third-order valence-corrected chi connectivity index (χ3v) is 2.81. The smallest absolute Gasteiger partial charge is 0.303 e. The lowest BCUT2D eigenvalue weighted by molar-refractivity contribution is -0.136. The fourth-order valence-corrected chi connectivity index (χ4v) is 1.84. The highest BCUT2D eigenvalue weighted by Crippen LogP contribution is 2.20. The van der Waals surface area contributed by atoms with Crippen LogP contribution in [0.2, 0.25) is 0 Å². The zero-order valence-corrected chi connectivity index (χ0v) is 10.3. The van der Waals surface area contributed by atoms with Gasteiger partial charge in [0, 0.05) is 18.3 Å². The van der Waals surface area contributed by atoms with Gasteiger partial charge in [-0.25, -0.2) is 0 Å². The molecule has 2 rings (SSSR count). The molecule has 0 amide bonds. The molecule has 0 aliphatic rings. The molecular formula is C15H15NO2. The number of rotatable bonds is 4. The molecule has 1 aromatic heterocycles. The van der Waals surface area contributed by atoms with E-state index in [-0.39, 0.29) is 6.42 Å². The second-order valence-corrected chi connectivity index (χ2v) is 4.28. The summed E-state index contributed by atoms with van der Waals surface area (Å²) < 4.78 is 0. The zero-order valence-electron chi connectivity index (χ0n) is 10.3. The van der Waals surface area contributed by atoms with Crippen LogP contribution in [0, 0.1) is 6.92 Å². The van der Waals surface area contributed by atoms with Crippen LogP contribution >= 0.6 is 0 Å². The van der Waals surface area contributed by atoms with Crippen molar-refractivity contribution in [2.24, 2.45) is 0 Å². The highest BCUT2D eigenvalue weighted by molar-refractivity contribution is 5.67. The van der Waals surface area contributed by atoms with E-state index in [1.54, 1.807) is 6.20 Å². The molecule has 1 N–H and O–H groups in total. The van der Waals surface area contributed by atoms with Crippen molar-refractivity contribution in [1.82, 2.24) is 4.98 Å². The van der Waals surface area contributed by atoms with Gasteiger partial charge in [0.2, 0.25) is 0 Å². The Kier molecular flexibility index (Phi) is 3.72. The van der Waals surface area contributed by atoms with Crippen molar-refractivity contribution in [1.29, 1.82) is 0 Å². The van der Waals surface area contributed by atoms with Crippen molar-refractivity contribution in [3.63, 3.8) is 0 Å². The molecule has 0 aliphatic carbocycles. The molecule has 0 aliphatic heterocycles. The summed E-state index contributed by atoms with van der Waals surface area (Å²) in [6.07, 6.45) is 2.54. The van der Waals surface area contributed by atoms with Crippen molar-refractivity contribution < 1.29 is 9.90 Å². The first-order valence-electron chi connectivity index (χ1n) is 5.89. The number of aromatic nitrogens is 1. The van der Waals surface area contributed by atoms with E-state index in [0.717, 1.165) is 22.4 Å². The lowest BCUT2D eigenvalue weighted by Crippen LogP contribution is -1.97. The summed E-state index contributed by atoms with van der Waals surface area (Å²) in [5.74, 6) is -0.760. The second-order valence-electron chi connectivity index (χ2n) is 4.28. The first-order valence-corrected chi connectivity index (χ1v) is 5.89. The Bertz CT molecular complexity index is 547. The standard InChI is InChI=1S/C15H15NO2/c1-11-10-14(8-9-16-11)13-5-2-12(3-6-13)4-7-15(17)18/h2-3,5-6,8-10H,4,7H2,1H3,(H,17,18). The van der Waals surface area contributed by atoms with Crippen LogP contribution in [0.15, 0.2) is 42.6 Å². The molecule has 3 heteroatoms. The van der Waals surface area contributed by atoms with Crippen LogP contribution in [-0.2, 0) is 11.2 Å². The Morgan fingerprint density at radius 3 is 2.50 bits per heavy atom. The van der Waals surface area contributed by atoms with E-state index < -0.39 is 5.97 Å². The molecule has 0 radical (unpaired) electrons. The summed E-state index contributed by atoms with van der Waals surface area (Å²) >= 11 is 0. The topological polar surface area (TPSA) is 50.2 Å². The van der Waals surface area contributed by atoms with Crippen LogP contribution in [0.1, 0.15) is 17.7 Å².